The molecular weight excluding hydrogens is 362 g/mol. The lowest BCUT2D eigenvalue weighted by Crippen LogP contribution is -2.42. The molecule has 0 aliphatic carbocycles. The van der Waals surface area contributed by atoms with Gasteiger partial charge in [-0.1, -0.05) is 12.8 Å². The number of nitrogens with zero attached hydrogens (tertiary/aromatic N) is 4. The zero-order valence-corrected chi connectivity index (χ0v) is 17.3. The Morgan fingerprint density at radius 2 is 2.03 bits per heavy atom. The summed E-state index contributed by atoms with van der Waals surface area (Å²) in [5, 5.41) is 3.29. The van der Waals surface area contributed by atoms with Crippen LogP contribution >= 0.6 is 0 Å². The summed E-state index contributed by atoms with van der Waals surface area (Å²) in [5.74, 6) is 3.71. The van der Waals surface area contributed by atoms with E-state index in [1.807, 2.05) is 12.1 Å². The van der Waals surface area contributed by atoms with E-state index in [1.165, 1.54) is 6.42 Å². The molecule has 1 unspecified atom stereocenters. The Morgan fingerprint density at radius 1 is 1.24 bits per heavy atom. The van der Waals surface area contributed by atoms with Crippen molar-refractivity contribution in [3.8, 4) is 12.3 Å². The lowest BCUT2D eigenvalue weighted by atomic mass is 9.94. The summed E-state index contributed by atoms with van der Waals surface area (Å²) in [6.07, 6.45) is 12.0. The first-order valence-electron chi connectivity index (χ1n) is 10.5. The second-order valence-electron chi connectivity index (χ2n) is 8.56. The minimum Gasteiger partial charge on any atom is -0.367 e. The third-order valence-corrected chi connectivity index (χ3v) is 6.25. The first kappa shape index (κ1) is 19.7. The van der Waals surface area contributed by atoms with Crippen LogP contribution in [0.2, 0.25) is 0 Å². The first-order valence-corrected chi connectivity index (χ1v) is 10.5. The third kappa shape index (κ3) is 4.20. The molecule has 1 N–H and O–H groups in total. The molecule has 6 heteroatoms. The second-order valence-corrected chi connectivity index (χ2v) is 8.56. The van der Waals surface area contributed by atoms with Crippen molar-refractivity contribution in [3.05, 3.63) is 30.1 Å². The normalized spacial score (nSPS) is 25.1. The Labute approximate surface area is 172 Å². The van der Waals surface area contributed by atoms with Crippen molar-refractivity contribution in [3.63, 3.8) is 0 Å². The van der Waals surface area contributed by atoms with Gasteiger partial charge in [0.2, 0.25) is 5.91 Å². The number of anilines is 1. The van der Waals surface area contributed by atoms with E-state index in [4.69, 9.17) is 6.42 Å². The largest absolute Gasteiger partial charge is 0.367 e. The monoisotopic (exact) mass is 391 g/mol. The molecule has 6 nitrogen and oxygen atoms in total. The van der Waals surface area contributed by atoms with Gasteiger partial charge in [-0.2, -0.15) is 0 Å². The highest BCUT2D eigenvalue weighted by atomic mass is 16.1. The van der Waals surface area contributed by atoms with Gasteiger partial charge < -0.3 is 15.1 Å². The fraction of sp³-hybridized carbons (Fsp3) is 0.522. The Hall–Kier alpha value is -2.65. The Morgan fingerprint density at radius 3 is 2.79 bits per heavy atom. The highest BCUT2D eigenvalue weighted by Gasteiger charge is 2.32. The molecule has 3 heterocycles. The smallest absolute Gasteiger partial charge is 0.220 e. The quantitative estimate of drug-likeness (QED) is 0.811. The number of nitrogens with one attached hydrogen (secondary N) is 1. The number of likely N-dealkylation sites (tertiary alicyclic amines) is 1. The van der Waals surface area contributed by atoms with Crippen molar-refractivity contribution >= 4 is 22.6 Å². The van der Waals surface area contributed by atoms with E-state index in [-0.39, 0.29) is 11.9 Å². The molecule has 1 amide bonds. The number of fused-ring (bicyclic) bond motifs is 1. The van der Waals surface area contributed by atoms with E-state index < -0.39 is 0 Å². The number of hydrogen-bond donors (Lipinski definition) is 1. The zero-order valence-electron chi connectivity index (χ0n) is 17.3. The number of piperidine rings is 1. The molecular formula is C23H29N5O. The highest BCUT2D eigenvalue weighted by Crippen LogP contribution is 2.30. The molecule has 2 fully saturated rings. The summed E-state index contributed by atoms with van der Waals surface area (Å²) < 4.78 is 0. The zero-order chi connectivity index (χ0) is 20.4. The number of benzene rings is 1. The van der Waals surface area contributed by atoms with Crippen molar-refractivity contribution in [2.24, 2.45) is 11.8 Å². The number of terminal acetylenes is 1. The molecule has 4 rings (SSSR count). The first-order chi connectivity index (χ1) is 14.0. The Balaban J connectivity index is 1.44. The molecule has 29 heavy (non-hydrogen) atoms. The van der Waals surface area contributed by atoms with Gasteiger partial charge in [0, 0.05) is 38.4 Å². The maximum Gasteiger partial charge on any atom is 0.220 e. The lowest BCUT2D eigenvalue weighted by Gasteiger charge is -2.29. The molecule has 0 radical (unpaired) electrons. The van der Waals surface area contributed by atoms with Crippen LogP contribution in [0.4, 0.5) is 5.69 Å². The topological polar surface area (TPSA) is 61.4 Å². The summed E-state index contributed by atoms with van der Waals surface area (Å²) in [6, 6.07) is 4.10. The van der Waals surface area contributed by atoms with Gasteiger partial charge in [0.05, 0.1) is 17.3 Å². The van der Waals surface area contributed by atoms with Crippen molar-refractivity contribution in [1.29, 1.82) is 0 Å². The van der Waals surface area contributed by atoms with Crippen molar-refractivity contribution < 1.29 is 4.79 Å². The van der Waals surface area contributed by atoms with Gasteiger partial charge in [0.25, 0.3) is 0 Å². The number of carbonyl (C=O) groups excluding carboxylic acids is 1. The molecule has 2 saturated heterocycles. The molecule has 3 atom stereocenters. The number of aromatic nitrogens is 2. The number of hydrogen-bond acceptors (Lipinski definition) is 5. The SMILES string of the molecule is C#Cc1ccc(N2C[C@@H](C)[C@@H](NC(=O)CC3CCCN(C)C3)C2)c2nccnc12. The van der Waals surface area contributed by atoms with Gasteiger partial charge in [-0.25, -0.2) is 0 Å². The maximum absolute atomic E-state index is 12.7. The molecule has 0 spiro atoms. The van der Waals surface area contributed by atoms with Gasteiger partial charge >= 0.3 is 0 Å². The van der Waals surface area contributed by atoms with Crippen LogP contribution in [0.25, 0.3) is 11.0 Å². The van der Waals surface area contributed by atoms with Gasteiger partial charge in [-0.05, 0) is 50.4 Å². The van der Waals surface area contributed by atoms with Gasteiger partial charge in [-0.3, -0.25) is 14.8 Å². The third-order valence-electron chi connectivity index (χ3n) is 6.25. The van der Waals surface area contributed by atoms with E-state index in [9.17, 15) is 4.79 Å². The summed E-state index contributed by atoms with van der Waals surface area (Å²) in [7, 11) is 2.14. The highest BCUT2D eigenvalue weighted by molar-refractivity contribution is 5.92. The van der Waals surface area contributed by atoms with Crippen LogP contribution in [0.15, 0.2) is 24.5 Å². The molecule has 0 saturated carbocycles. The average molecular weight is 392 g/mol. The molecule has 152 valence electrons. The van der Waals surface area contributed by atoms with E-state index >= 15 is 0 Å². The van der Waals surface area contributed by atoms with Crippen LogP contribution in [0, 0.1) is 24.2 Å². The summed E-state index contributed by atoms with van der Waals surface area (Å²) in [5.41, 5.74) is 3.37. The van der Waals surface area contributed by atoms with E-state index in [0.29, 0.717) is 18.3 Å². The number of amides is 1. The molecule has 2 aromatic rings. The predicted octanol–water partition coefficient (Wildman–Crippen LogP) is 2.28. The second kappa shape index (κ2) is 8.38. The van der Waals surface area contributed by atoms with Crippen LogP contribution in [0.5, 0.6) is 0 Å². The number of rotatable bonds is 4. The van der Waals surface area contributed by atoms with Crippen LogP contribution in [-0.4, -0.2) is 60.0 Å². The van der Waals surface area contributed by atoms with E-state index in [2.05, 4.69) is 45.0 Å². The fourth-order valence-electron chi connectivity index (χ4n) is 4.73. The summed E-state index contributed by atoms with van der Waals surface area (Å²) in [4.78, 5) is 26.3. The molecule has 1 aromatic heterocycles. The molecule has 1 aromatic carbocycles. The molecule has 0 bridgehead atoms. The van der Waals surface area contributed by atoms with Crippen LogP contribution in [0.1, 0.15) is 31.7 Å². The van der Waals surface area contributed by atoms with Gasteiger partial charge in [0.15, 0.2) is 0 Å². The Kier molecular flexibility index (Phi) is 5.68. The number of carbonyl (C=O) groups is 1. The molecule has 2 aliphatic heterocycles. The maximum atomic E-state index is 12.7. The summed E-state index contributed by atoms with van der Waals surface area (Å²) >= 11 is 0. The van der Waals surface area contributed by atoms with Crippen molar-refractivity contribution in [2.75, 3.05) is 38.1 Å². The van der Waals surface area contributed by atoms with Gasteiger partial charge in [0.1, 0.15) is 11.0 Å². The van der Waals surface area contributed by atoms with E-state index in [1.54, 1.807) is 12.4 Å². The van der Waals surface area contributed by atoms with Crippen LogP contribution in [-0.2, 0) is 4.79 Å². The fourth-order valence-corrected chi connectivity index (χ4v) is 4.73. The van der Waals surface area contributed by atoms with Crippen molar-refractivity contribution in [2.45, 2.75) is 32.2 Å². The van der Waals surface area contributed by atoms with Gasteiger partial charge in [-0.15, -0.1) is 6.42 Å². The average Bonchev–Trinajstić information content (AvgIpc) is 3.07. The van der Waals surface area contributed by atoms with Crippen LogP contribution in [0.3, 0.4) is 0 Å². The standard InChI is InChI=1S/C23H29N5O/c1-4-18-7-8-20(23-22(18)24-9-10-25-23)28-13-16(2)19(15-28)26-21(29)12-17-6-5-11-27(3)14-17/h1,7-10,16-17,19H,5-6,11-15H2,2-3H3,(H,26,29)/t16-,17?,19+/m1/s1. The van der Waals surface area contributed by atoms with Crippen LogP contribution < -0.4 is 10.2 Å². The minimum atomic E-state index is 0.142. The molecule has 2 aliphatic rings. The minimum absolute atomic E-state index is 0.142. The van der Waals surface area contributed by atoms with Crippen molar-refractivity contribution in [1.82, 2.24) is 20.2 Å². The lowest BCUT2D eigenvalue weighted by molar-refractivity contribution is -0.123. The Bertz CT molecular complexity index is 937. The predicted molar refractivity (Wildman–Crippen MR) is 116 cm³/mol. The summed E-state index contributed by atoms with van der Waals surface area (Å²) in [6.45, 7) is 6.01. The van der Waals surface area contributed by atoms with E-state index in [0.717, 1.165) is 54.9 Å².